The molecule has 1 fully saturated rings. The number of carbonyl (C=O) groups excluding carboxylic acids is 1. The Hall–Kier alpha value is -1.55. The van der Waals surface area contributed by atoms with Crippen LogP contribution in [-0.2, 0) is 4.79 Å². The molecule has 18 heavy (non-hydrogen) atoms. The van der Waals surface area contributed by atoms with E-state index in [9.17, 15) is 4.79 Å². The van der Waals surface area contributed by atoms with Gasteiger partial charge < -0.3 is 15.5 Å². The zero-order valence-corrected chi connectivity index (χ0v) is 11.1. The van der Waals surface area contributed by atoms with E-state index in [-0.39, 0.29) is 5.91 Å². The highest BCUT2D eigenvalue weighted by atomic mass is 16.1. The van der Waals surface area contributed by atoms with Crippen molar-refractivity contribution < 1.29 is 4.79 Å². The van der Waals surface area contributed by atoms with Crippen LogP contribution in [0.2, 0.25) is 0 Å². The average molecular weight is 247 g/mol. The molecule has 1 heterocycles. The highest BCUT2D eigenvalue weighted by molar-refractivity contribution is 5.94. The Morgan fingerprint density at radius 2 is 2.22 bits per heavy atom. The first-order valence-electron chi connectivity index (χ1n) is 6.43. The molecule has 0 aromatic heterocycles. The molecule has 1 atom stereocenters. The summed E-state index contributed by atoms with van der Waals surface area (Å²) >= 11 is 0. The lowest BCUT2D eigenvalue weighted by Crippen LogP contribution is -2.20. The predicted octanol–water partition coefficient (Wildman–Crippen LogP) is 1.69. The van der Waals surface area contributed by atoms with Crippen molar-refractivity contribution >= 4 is 17.3 Å². The van der Waals surface area contributed by atoms with E-state index in [1.165, 1.54) is 0 Å². The lowest BCUT2D eigenvalue weighted by atomic mass is 10.0. The monoisotopic (exact) mass is 247 g/mol. The van der Waals surface area contributed by atoms with Gasteiger partial charge in [0.25, 0.3) is 0 Å². The Bertz CT molecular complexity index is 411. The summed E-state index contributed by atoms with van der Waals surface area (Å²) in [6.45, 7) is 2.00. The van der Waals surface area contributed by atoms with Gasteiger partial charge in [-0.2, -0.15) is 0 Å². The Morgan fingerprint density at radius 3 is 2.89 bits per heavy atom. The topological polar surface area (TPSA) is 44.4 Å². The van der Waals surface area contributed by atoms with Gasteiger partial charge in [0.15, 0.2) is 0 Å². The molecule has 1 aliphatic rings. The van der Waals surface area contributed by atoms with Crippen LogP contribution in [0.1, 0.15) is 12.8 Å². The minimum atomic E-state index is 0.109. The zero-order chi connectivity index (χ0) is 13.0. The molecule has 1 unspecified atom stereocenters. The SMILES string of the molecule is CN(C)c1ccccc1NC(=O)CC1CCNC1. The molecule has 0 saturated carbocycles. The Labute approximate surface area is 108 Å². The van der Waals surface area contributed by atoms with Gasteiger partial charge in [-0.3, -0.25) is 4.79 Å². The van der Waals surface area contributed by atoms with E-state index in [1.54, 1.807) is 0 Å². The van der Waals surface area contributed by atoms with Crippen LogP contribution in [0.3, 0.4) is 0 Å². The number of nitrogens with one attached hydrogen (secondary N) is 2. The van der Waals surface area contributed by atoms with Crippen LogP contribution in [0.25, 0.3) is 0 Å². The maximum absolute atomic E-state index is 12.0. The first kappa shape index (κ1) is 12.9. The fourth-order valence-corrected chi connectivity index (χ4v) is 2.32. The lowest BCUT2D eigenvalue weighted by molar-refractivity contribution is -0.116. The van der Waals surface area contributed by atoms with E-state index < -0.39 is 0 Å². The third-order valence-corrected chi connectivity index (χ3v) is 3.30. The van der Waals surface area contributed by atoms with Gasteiger partial charge in [0.2, 0.25) is 5.91 Å². The third-order valence-electron chi connectivity index (χ3n) is 3.30. The van der Waals surface area contributed by atoms with Crippen molar-refractivity contribution in [3.05, 3.63) is 24.3 Å². The number of para-hydroxylation sites is 2. The molecule has 4 nitrogen and oxygen atoms in total. The minimum Gasteiger partial charge on any atom is -0.376 e. The number of carbonyl (C=O) groups is 1. The molecular weight excluding hydrogens is 226 g/mol. The maximum atomic E-state index is 12.0. The normalized spacial score (nSPS) is 18.7. The van der Waals surface area contributed by atoms with Crippen LogP contribution in [0.15, 0.2) is 24.3 Å². The van der Waals surface area contributed by atoms with E-state index >= 15 is 0 Å². The van der Waals surface area contributed by atoms with Crippen LogP contribution in [-0.4, -0.2) is 33.1 Å². The molecule has 98 valence electrons. The Balaban J connectivity index is 1.97. The van der Waals surface area contributed by atoms with Crippen molar-refractivity contribution in [1.82, 2.24) is 5.32 Å². The molecule has 2 rings (SSSR count). The van der Waals surface area contributed by atoms with E-state index in [4.69, 9.17) is 0 Å². The van der Waals surface area contributed by atoms with Crippen molar-refractivity contribution in [3.63, 3.8) is 0 Å². The first-order valence-corrected chi connectivity index (χ1v) is 6.43. The Morgan fingerprint density at radius 1 is 1.44 bits per heavy atom. The summed E-state index contributed by atoms with van der Waals surface area (Å²) in [4.78, 5) is 14.0. The van der Waals surface area contributed by atoms with E-state index in [0.717, 1.165) is 30.9 Å². The molecule has 1 saturated heterocycles. The number of benzene rings is 1. The summed E-state index contributed by atoms with van der Waals surface area (Å²) in [7, 11) is 3.96. The summed E-state index contributed by atoms with van der Waals surface area (Å²) in [5, 5.41) is 6.29. The van der Waals surface area contributed by atoms with E-state index in [1.807, 2.05) is 43.3 Å². The second kappa shape index (κ2) is 5.87. The molecule has 2 N–H and O–H groups in total. The second-order valence-corrected chi connectivity index (χ2v) is 5.02. The van der Waals surface area contributed by atoms with Gasteiger partial charge in [-0.05, 0) is 37.6 Å². The molecule has 1 aliphatic heterocycles. The Kier molecular flexibility index (Phi) is 4.20. The first-order chi connectivity index (χ1) is 8.66. The number of anilines is 2. The van der Waals surface area contributed by atoms with Crippen LogP contribution < -0.4 is 15.5 Å². The number of rotatable bonds is 4. The number of amides is 1. The quantitative estimate of drug-likeness (QED) is 0.851. The largest absolute Gasteiger partial charge is 0.376 e. The van der Waals surface area contributed by atoms with Gasteiger partial charge in [0.05, 0.1) is 11.4 Å². The predicted molar refractivity (Wildman–Crippen MR) is 75.0 cm³/mol. The second-order valence-electron chi connectivity index (χ2n) is 5.02. The van der Waals surface area contributed by atoms with Crippen molar-refractivity contribution in [2.24, 2.45) is 5.92 Å². The van der Waals surface area contributed by atoms with Gasteiger partial charge in [-0.25, -0.2) is 0 Å². The molecule has 1 amide bonds. The van der Waals surface area contributed by atoms with Crippen LogP contribution in [0.4, 0.5) is 11.4 Å². The number of hydrogen-bond acceptors (Lipinski definition) is 3. The summed E-state index contributed by atoms with van der Waals surface area (Å²) in [6.07, 6.45) is 1.71. The van der Waals surface area contributed by atoms with Gasteiger partial charge in [0, 0.05) is 20.5 Å². The van der Waals surface area contributed by atoms with Gasteiger partial charge in [-0.1, -0.05) is 12.1 Å². The van der Waals surface area contributed by atoms with Crippen molar-refractivity contribution in [3.8, 4) is 0 Å². The summed E-state index contributed by atoms with van der Waals surface area (Å²) < 4.78 is 0. The van der Waals surface area contributed by atoms with Crippen molar-refractivity contribution in [2.45, 2.75) is 12.8 Å². The smallest absolute Gasteiger partial charge is 0.224 e. The maximum Gasteiger partial charge on any atom is 0.224 e. The van der Waals surface area contributed by atoms with Crippen molar-refractivity contribution in [1.29, 1.82) is 0 Å². The van der Waals surface area contributed by atoms with E-state index in [2.05, 4.69) is 10.6 Å². The molecular formula is C14H21N3O. The summed E-state index contributed by atoms with van der Waals surface area (Å²) in [5.74, 6) is 0.592. The molecule has 4 heteroatoms. The molecule has 0 aliphatic carbocycles. The molecule has 1 aromatic carbocycles. The standard InChI is InChI=1S/C14H21N3O/c1-17(2)13-6-4-3-5-12(13)16-14(18)9-11-7-8-15-10-11/h3-6,11,15H,7-10H2,1-2H3,(H,16,18). The fraction of sp³-hybridized carbons (Fsp3) is 0.500. The summed E-state index contributed by atoms with van der Waals surface area (Å²) in [5.41, 5.74) is 1.92. The highest BCUT2D eigenvalue weighted by Gasteiger charge is 2.18. The zero-order valence-electron chi connectivity index (χ0n) is 11.1. The highest BCUT2D eigenvalue weighted by Crippen LogP contribution is 2.24. The molecule has 0 spiro atoms. The van der Waals surface area contributed by atoms with Gasteiger partial charge in [0.1, 0.15) is 0 Å². The van der Waals surface area contributed by atoms with Crippen LogP contribution in [0, 0.1) is 5.92 Å². The average Bonchev–Trinajstić information content (AvgIpc) is 2.82. The van der Waals surface area contributed by atoms with Crippen molar-refractivity contribution in [2.75, 3.05) is 37.4 Å². The minimum absolute atomic E-state index is 0.109. The summed E-state index contributed by atoms with van der Waals surface area (Å²) in [6, 6.07) is 7.87. The molecule has 0 radical (unpaired) electrons. The van der Waals surface area contributed by atoms with Crippen LogP contribution in [0.5, 0.6) is 0 Å². The fourth-order valence-electron chi connectivity index (χ4n) is 2.32. The van der Waals surface area contributed by atoms with Gasteiger partial charge >= 0.3 is 0 Å². The third kappa shape index (κ3) is 3.23. The van der Waals surface area contributed by atoms with Crippen LogP contribution >= 0.6 is 0 Å². The molecule has 1 aromatic rings. The molecule has 0 bridgehead atoms. The van der Waals surface area contributed by atoms with E-state index in [0.29, 0.717) is 12.3 Å². The number of hydrogen-bond donors (Lipinski definition) is 2. The lowest BCUT2D eigenvalue weighted by Gasteiger charge is -2.18. The number of nitrogens with zero attached hydrogens (tertiary/aromatic N) is 1. The van der Waals surface area contributed by atoms with Gasteiger partial charge in [-0.15, -0.1) is 0 Å².